The second kappa shape index (κ2) is 14.5. The van der Waals surface area contributed by atoms with Crippen LogP contribution in [0.15, 0.2) is 168 Å². The van der Waals surface area contributed by atoms with Crippen LogP contribution in [-0.2, 0) is 28.1 Å². The minimum Gasteiger partial charge on any atom is -0.454 e. The van der Waals surface area contributed by atoms with Crippen LogP contribution in [0.3, 0.4) is 0 Å². The van der Waals surface area contributed by atoms with Gasteiger partial charge in [0, 0.05) is 44.3 Å². The van der Waals surface area contributed by atoms with Crippen molar-refractivity contribution in [2.45, 2.75) is 110 Å². The molecule has 0 saturated heterocycles. The van der Waals surface area contributed by atoms with Gasteiger partial charge in [-0.25, -0.2) is 0 Å². The molecule has 2 aliphatic heterocycles. The van der Waals surface area contributed by atoms with Crippen LogP contribution in [0.25, 0.3) is 38.8 Å². The van der Waals surface area contributed by atoms with E-state index in [0.29, 0.717) is 0 Å². The number of hydrogen-bond donors (Lipinski definition) is 0. The number of fused-ring (bicyclic) bond motifs is 10. The van der Waals surface area contributed by atoms with E-state index in [4.69, 9.17) is 4.42 Å². The van der Waals surface area contributed by atoms with E-state index in [1.54, 1.807) is 0 Å². The molecule has 4 aliphatic rings. The second-order valence-electron chi connectivity index (χ2n) is 23.9. The SMILES string of the molecule is Cc1cc2c3c(c1)N(c1cccc4c1oc1ccccc14)c1cc4c(cc1C3C1=C(c3cc(C(C)(C)C)ccc3C1)N2c1ccc(-c2ccc(C(C)(C)C)cc2)cc1)C(C)(C)c1ccccc1C4(C)C. The lowest BCUT2D eigenvalue weighted by Gasteiger charge is -2.48. The molecule has 1 aromatic heterocycles. The van der Waals surface area contributed by atoms with Crippen LogP contribution in [-0.4, -0.2) is 0 Å². The molecule has 0 spiro atoms. The predicted molar refractivity (Wildman–Crippen MR) is 294 cm³/mol. The maximum absolute atomic E-state index is 6.98. The third-order valence-electron chi connectivity index (χ3n) is 16.7. The van der Waals surface area contributed by atoms with Crippen LogP contribution in [0.5, 0.6) is 0 Å². The van der Waals surface area contributed by atoms with Gasteiger partial charge in [0.15, 0.2) is 5.58 Å². The lowest BCUT2D eigenvalue weighted by molar-refractivity contribution is 0.519. The number of hydrogen-bond acceptors (Lipinski definition) is 3. The number of aryl methyl sites for hydroxylation is 1. The Kier molecular flexibility index (Phi) is 8.89. The summed E-state index contributed by atoms with van der Waals surface area (Å²) < 4.78 is 6.98. The molecule has 9 aromatic rings. The van der Waals surface area contributed by atoms with Gasteiger partial charge in [-0.2, -0.15) is 0 Å². The highest BCUT2D eigenvalue weighted by Gasteiger charge is 2.49. The molecular weight excluding hydrogens is 849 g/mol. The Hall–Kier alpha value is -7.10. The largest absolute Gasteiger partial charge is 0.454 e. The Labute approximate surface area is 414 Å². The zero-order valence-electron chi connectivity index (χ0n) is 42.6. The lowest BCUT2D eigenvalue weighted by atomic mass is 9.59. The summed E-state index contributed by atoms with van der Waals surface area (Å²) in [5.41, 5.74) is 27.6. The van der Waals surface area contributed by atoms with Crippen LogP contribution < -0.4 is 9.80 Å². The maximum atomic E-state index is 6.98. The van der Waals surface area contributed by atoms with E-state index in [2.05, 4.69) is 244 Å². The summed E-state index contributed by atoms with van der Waals surface area (Å²) >= 11 is 0. The number of benzene rings is 8. The molecule has 3 heteroatoms. The zero-order valence-corrected chi connectivity index (χ0v) is 42.6. The Balaban J connectivity index is 1.11. The Morgan fingerprint density at radius 1 is 0.514 bits per heavy atom. The van der Waals surface area contributed by atoms with Gasteiger partial charge in [0.05, 0.1) is 28.4 Å². The van der Waals surface area contributed by atoms with Gasteiger partial charge in [0.1, 0.15) is 5.58 Å². The Morgan fingerprint density at radius 2 is 1.10 bits per heavy atom. The summed E-state index contributed by atoms with van der Waals surface area (Å²) in [6.45, 7) is 25.9. The molecule has 8 aromatic carbocycles. The van der Waals surface area contributed by atoms with Crippen molar-refractivity contribution in [1.82, 2.24) is 0 Å². The van der Waals surface area contributed by atoms with Gasteiger partial charge in [-0.1, -0.05) is 178 Å². The third kappa shape index (κ3) is 6.06. The molecule has 13 rings (SSSR count). The fourth-order valence-corrected chi connectivity index (χ4v) is 12.9. The summed E-state index contributed by atoms with van der Waals surface area (Å²) in [6, 6.07) is 60.4. The van der Waals surface area contributed by atoms with Crippen molar-refractivity contribution in [1.29, 1.82) is 0 Å². The van der Waals surface area contributed by atoms with Gasteiger partial charge in [-0.15, -0.1) is 0 Å². The van der Waals surface area contributed by atoms with E-state index in [1.165, 1.54) is 106 Å². The zero-order chi connectivity index (χ0) is 48.4. The molecule has 1 unspecified atom stereocenters. The van der Waals surface area contributed by atoms with E-state index in [9.17, 15) is 0 Å². The van der Waals surface area contributed by atoms with E-state index >= 15 is 0 Å². The van der Waals surface area contributed by atoms with Crippen LogP contribution >= 0.6 is 0 Å². The standard InChI is InChI=1S/C67H62N2O/c1-39-33-57-61-58(34-39)69(55-21-16-18-47-46-17-12-15-22-59(46)70-63(47)55)56-38-54-53(66(8,9)51-19-13-14-20-52(51)67(54,10)11)37-49(56)60(61)50-35-42-25-30-44(65(5,6)7)36-48(42)62(50)68(57)45-31-26-41(27-32-45)40-23-28-43(29-24-40)64(2,3)4/h12-34,36-38,60H,35H2,1-11H3. The van der Waals surface area contributed by atoms with E-state index in [1.807, 2.05) is 0 Å². The van der Waals surface area contributed by atoms with Crippen molar-refractivity contribution < 1.29 is 4.42 Å². The predicted octanol–water partition coefficient (Wildman–Crippen LogP) is 18.2. The fraction of sp³-hybridized carbons (Fsp3) is 0.254. The van der Waals surface area contributed by atoms with Gasteiger partial charge >= 0.3 is 0 Å². The van der Waals surface area contributed by atoms with Crippen molar-refractivity contribution in [2.24, 2.45) is 0 Å². The average Bonchev–Trinajstić information content (AvgIpc) is 3.91. The summed E-state index contributed by atoms with van der Waals surface area (Å²) in [5, 5.41) is 2.27. The highest BCUT2D eigenvalue weighted by molar-refractivity contribution is 6.12. The summed E-state index contributed by atoms with van der Waals surface area (Å²) in [7, 11) is 0. The summed E-state index contributed by atoms with van der Waals surface area (Å²) in [4.78, 5) is 5.22. The molecule has 346 valence electrons. The first-order valence-electron chi connectivity index (χ1n) is 25.4. The van der Waals surface area contributed by atoms with E-state index in [-0.39, 0.29) is 27.6 Å². The van der Waals surface area contributed by atoms with Crippen molar-refractivity contribution in [3.63, 3.8) is 0 Å². The second-order valence-corrected chi connectivity index (χ2v) is 23.9. The Bertz CT molecular complexity index is 3710. The normalized spacial score (nSPS) is 17.3. The highest BCUT2D eigenvalue weighted by atomic mass is 16.3. The topological polar surface area (TPSA) is 19.6 Å². The van der Waals surface area contributed by atoms with Gasteiger partial charge in [0.25, 0.3) is 0 Å². The molecule has 1 atom stereocenters. The number of nitrogens with zero attached hydrogens (tertiary/aromatic N) is 2. The van der Waals surface area contributed by atoms with Crippen molar-refractivity contribution in [2.75, 3.05) is 9.80 Å². The van der Waals surface area contributed by atoms with Crippen LogP contribution in [0.2, 0.25) is 0 Å². The van der Waals surface area contributed by atoms with E-state index in [0.717, 1.165) is 34.0 Å². The highest BCUT2D eigenvalue weighted by Crippen LogP contribution is 2.64. The smallest absolute Gasteiger partial charge is 0.159 e. The van der Waals surface area contributed by atoms with Crippen molar-refractivity contribution in [3.8, 4) is 11.1 Å². The number of rotatable bonds is 3. The lowest BCUT2D eigenvalue weighted by Crippen LogP contribution is -2.38. The summed E-state index contributed by atoms with van der Waals surface area (Å²) in [6.07, 6.45) is 0.884. The molecule has 0 bridgehead atoms. The van der Waals surface area contributed by atoms with Gasteiger partial charge in [-0.05, 0) is 139 Å². The molecule has 0 N–H and O–H groups in total. The minimum absolute atomic E-state index is 0.00690. The van der Waals surface area contributed by atoms with Gasteiger partial charge in [0.2, 0.25) is 0 Å². The first-order chi connectivity index (χ1) is 33.4. The number of anilines is 5. The molecule has 3 heterocycles. The number of furan rings is 1. The van der Waals surface area contributed by atoms with Crippen LogP contribution in [0, 0.1) is 6.92 Å². The van der Waals surface area contributed by atoms with Gasteiger partial charge in [-0.3, -0.25) is 0 Å². The molecule has 70 heavy (non-hydrogen) atoms. The first kappa shape index (κ1) is 43.0. The van der Waals surface area contributed by atoms with E-state index < -0.39 is 0 Å². The molecule has 2 aliphatic carbocycles. The van der Waals surface area contributed by atoms with Crippen LogP contribution in [0.4, 0.5) is 28.4 Å². The molecular formula is C67H62N2O. The summed E-state index contributed by atoms with van der Waals surface area (Å²) in [5.74, 6) is 0.0189. The fourth-order valence-electron chi connectivity index (χ4n) is 12.9. The molecule has 0 radical (unpaired) electrons. The monoisotopic (exact) mass is 910 g/mol. The number of para-hydroxylation sites is 2. The third-order valence-corrected chi connectivity index (χ3v) is 16.7. The first-order valence-corrected chi connectivity index (χ1v) is 25.4. The molecule has 3 nitrogen and oxygen atoms in total. The molecule has 0 saturated carbocycles. The van der Waals surface area contributed by atoms with Gasteiger partial charge < -0.3 is 14.2 Å². The molecule has 0 amide bonds. The van der Waals surface area contributed by atoms with Crippen molar-refractivity contribution in [3.05, 3.63) is 224 Å². The average molecular weight is 911 g/mol. The van der Waals surface area contributed by atoms with Crippen molar-refractivity contribution >= 4 is 56.1 Å². The quantitative estimate of drug-likeness (QED) is 0.176. The maximum Gasteiger partial charge on any atom is 0.159 e. The molecule has 0 fully saturated rings. The Morgan fingerprint density at radius 3 is 1.77 bits per heavy atom. The number of allylic oxidation sites excluding steroid dienone is 1. The minimum atomic E-state index is -0.229. The van der Waals surface area contributed by atoms with Crippen LogP contribution in [0.1, 0.15) is 136 Å².